The van der Waals surface area contributed by atoms with Crippen LogP contribution in [-0.2, 0) is 6.42 Å². The molecule has 0 amide bonds. The van der Waals surface area contributed by atoms with Gasteiger partial charge < -0.3 is 10.6 Å². The van der Waals surface area contributed by atoms with Gasteiger partial charge in [0.1, 0.15) is 0 Å². The summed E-state index contributed by atoms with van der Waals surface area (Å²) < 4.78 is 0. The summed E-state index contributed by atoms with van der Waals surface area (Å²) in [6, 6.07) is 4.17. The van der Waals surface area contributed by atoms with E-state index in [-0.39, 0.29) is 0 Å². The second kappa shape index (κ2) is 9.31. The predicted molar refractivity (Wildman–Crippen MR) is 68.6 cm³/mol. The van der Waals surface area contributed by atoms with Crippen LogP contribution in [0.15, 0.2) is 24.5 Å². The minimum Gasteiger partial charge on any atom is -0.315 e. The zero-order chi connectivity index (χ0) is 11.5. The van der Waals surface area contributed by atoms with Gasteiger partial charge in [-0.2, -0.15) is 0 Å². The van der Waals surface area contributed by atoms with E-state index in [1.54, 1.807) is 0 Å². The van der Waals surface area contributed by atoms with Gasteiger partial charge in [0.15, 0.2) is 0 Å². The highest BCUT2D eigenvalue weighted by Crippen LogP contribution is 1.99. The Balaban J connectivity index is 1.89. The topological polar surface area (TPSA) is 37.0 Å². The number of hydrogen-bond donors (Lipinski definition) is 2. The average Bonchev–Trinajstić information content (AvgIpc) is 2.34. The number of hydrogen-bond acceptors (Lipinski definition) is 3. The maximum absolute atomic E-state index is 4.01. The van der Waals surface area contributed by atoms with Crippen molar-refractivity contribution in [3.05, 3.63) is 30.1 Å². The lowest BCUT2D eigenvalue weighted by atomic mass is 10.1. The van der Waals surface area contributed by atoms with Crippen molar-refractivity contribution in [2.75, 3.05) is 26.2 Å². The molecule has 0 saturated heterocycles. The number of nitrogens with one attached hydrogen (secondary N) is 2. The number of aryl methyl sites for hydroxylation is 1. The molecule has 0 radical (unpaired) electrons. The molecule has 2 N–H and O–H groups in total. The van der Waals surface area contributed by atoms with Gasteiger partial charge in [-0.3, -0.25) is 4.98 Å². The van der Waals surface area contributed by atoms with E-state index in [1.165, 1.54) is 18.4 Å². The summed E-state index contributed by atoms with van der Waals surface area (Å²) in [5.74, 6) is 0. The lowest BCUT2D eigenvalue weighted by Crippen LogP contribution is -2.28. The molecule has 0 saturated carbocycles. The van der Waals surface area contributed by atoms with E-state index in [4.69, 9.17) is 0 Å². The normalized spacial score (nSPS) is 10.6. The van der Waals surface area contributed by atoms with Crippen molar-refractivity contribution < 1.29 is 0 Å². The molecule has 0 aliphatic carbocycles. The minimum absolute atomic E-state index is 1.07. The molecule has 0 unspecified atom stereocenters. The van der Waals surface area contributed by atoms with Gasteiger partial charge in [0.05, 0.1) is 0 Å². The van der Waals surface area contributed by atoms with Gasteiger partial charge in [-0.25, -0.2) is 0 Å². The Morgan fingerprint density at radius 1 is 1.00 bits per heavy atom. The summed E-state index contributed by atoms with van der Waals surface area (Å²) in [4.78, 5) is 4.01. The van der Waals surface area contributed by atoms with E-state index in [0.29, 0.717) is 0 Å². The molecule has 1 heterocycles. The highest BCUT2D eigenvalue weighted by atomic mass is 14.9. The van der Waals surface area contributed by atoms with Gasteiger partial charge in [0, 0.05) is 25.5 Å². The first kappa shape index (κ1) is 13.1. The van der Waals surface area contributed by atoms with Gasteiger partial charge in [-0.1, -0.05) is 6.92 Å². The van der Waals surface area contributed by atoms with Crippen LogP contribution in [-0.4, -0.2) is 31.2 Å². The molecule has 0 spiro atoms. The second-order valence-corrected chi connectivity index (χ2v) is 3.96. The van der Waals surface area contributed by atoms with E-state index in [1.807, 2.05) is 12.4 Å². The number of pyridine rings is 1. The van der Waals surface area contributed by atoms with Crippen molar-refractivity contribution >= 4 is 0 Å². The second-order valence-electron chi connectivity index (χ2n) is 3.96. The van der Waals surface area contributed by atoms with E-state index < -0.39 is 0 Å². The number of nitrogens with zero attached hydrogens (tertiary/aromatic N) is 1. The molecule has 0 bridgehead atoms. The fourth-order valence-corrected chi connectivity index (χ4v) is 1.57. The van der Waals surface area contributed by atoms with Crippen LogP contribution >= 0.6 is 0 Å². The summed E-state index contributed by atoms with van der Waals surface area (Å²) in [7, 11) is 0. The SMILES string of the molecule is CCCNCCNCCCc1ccncc1. The zero-order valence-corrected chi connectivity index (χ0v) is 10.2. The first-order valence-corrected chi connectivity index (χ1v) is 6.24. The van der Waals surface area contributed by atoms with Crippen LogP contribution in [0, 0.1) is 0 Å². The maximum atomic E-state index is 4.01. The standard InChI is InChI=1S/C13H23N3/c1-2-7-14-11-12-15-8-3-4-13-5-9-16-10-6-13/h5-6,9-10,14-15H,2-4,7-8,11-12H2,1H3. The van der Waals surface area contributed by atoms with Gasteiger partial charge in [0.25, 0.3) is 0 Å². The van der Waals surface area contributed by atoms with Crippen molar-refractivity contribution in [2.24, 2.45) is 0 Å². The van der Waals surface area contributed by atoms with Crippen LogP contribution in [0.2, 0.25) is 0 Å². The molecule has 3 nitrogen and oxygen atoms in total. The molecule has 1 aromatic heterocycles. The fraction of sp³-hybridized carbons (Fsp3) is 0.615. The lowest BCUT2D eigenvalue weighted by Gasteiger charge is -2.05. The molecular formula is C13H23N3. The van der Waals surface area contributed by atoms with Gasteiger partial charge in [-0.05, 0) is 50.0 Å². The van der Waals surface area contributed by atoms with Crippen LogP contribution in [0.5, 0.6) is 0 Å². The van der Waals surface area contributed by atoms with Gasteiger partial charge in [0.2, 0.25) is 0 Å². The smallest absolute Gasteiger partial charge is 0.0270 e. The van der Waals surface area contributed by atoms with Crippen molar-refractivity contribution in [1.29, 1.82) is 0 Å². The largest absolute Gasteiger partial charge is 0.315 e. The van der Waals surface area contributed by atoms with Gasteiger partial charge >= 0.3 is 0 Å². The summed E-state index contributed by atoms with van der Waals surface area (Å²) in [6.45, 7) is 6.55. The molecule has 0 fully saturated rings. The van der Waals surface area contributed by atoms with E-state index in [0.717, 1.165) is 32.6 Å². The van der Waals surface area contributed by atoms with Crippen molar-refractivity contribution in [2.45, 2.75) is 26.2 Å². The van der Waals surface area contributed by atoms with Crippen molar-refractivity contribution in [1.82, 2.24) is 15.6 Å². The summed E-state index contributed by atoms with van der Waals surface area (Å²) in [5, 5.41) is 6.81. The monoisotopic (exact) mass is 221 g/mol. The summed E-state index contributed by atoms with van der Waals surface area (Å²) in [6.07, 6.45) is 7.26. The Morgan fingerprint density at radius 3 is 2.38 bits per heavy atom. The number of rotatable bonds is 9. The van der Waals surface area contributed by atoms with E-state index >= 15 is 0 Å². The first-order chi connectivity index (χ1) is 7.93. The molecule has 1 rings (SSSR count). The zero-order valence-electron chi connectivity index (χ0n) is 10.2. The Bertz CT molecular complexity index is 249. The van der Waals surface area contributed by atoms with Crippen LogP contribution in [0.3, 0.4) is 0 Å². The Morgan fingerprint density at radius 2 is 1.69 bits per heavy atom. The van der Waals surface area contributed by atoms with Crippen LogP contribution < -0.4 is 10.6 Å². The van der Waals surface area contributed by atoms with Crippen LogP contribution in [0.1, 0.15) is 25.3 Å². The Hall–Kier alpha value is -0.930. The third kappa shape index (κ3) is 6.53. The lowest BCUT2D eigenvalue weighted by molar-refractivity contribution is 0.593. The Labute approximate surface area is 98.7 Å². The molecule has 90 valence electrons. The van der Waals surface area contributed by atoms with Crippen LogP contribution in [0.25, 0.3) is 0 Å². The highest BCUT2D eigenvalue weighted by Gasteiger charge is 1.92. The third-order valence-electron chi connectivity index (χ3n) is 2.47. The van der Waals surface area contributed by atoms with Crippen molar-refractivity contribution in [3.63, 3.8) is 0 Å². The molecule has 16 heavy (non-hydrogen) atoms. The molecular weight excluding hydrogens is 198 g/mol. The molecule has 0 aromatic carbocycles. The minimum atomic E-state index is 1.07. The van der Waals surface area contributed by atoms with Gasteiger partial charge in [-0.15, -0.1) is 0 Å². The molecule has 3 heteroatoms. The highest BCUT2D eigenvalue weighted by molar-refractivity contribution is 5.09. The van der Waals surface area contributed by atoms with Crippen molar-refractivity contribution in [3.8, 4) is 0 Å². The molecule has 0 aliphatic rings. The average molecular weight is 221 g/mol. The van der Waals surface area contributed by atoms with Crippen LogP contribution in [0.4, 0.5) is 0 Å². The first-order valence-electron chi connectivity index (χ1n) is 6.24. The Kier molecular flexibility index (Phi) is 7.64. The fourth-order valence-electron chi connectivity index (χ4n) is 1.57. The number of aromatic nitrogens is 1. The van der Waals surface area contributed by atoms with E-state index in [9.17, 15) is 0 Å². The molecule has 0 atom stereocenters. The van der Waals surface area contributed by atoms with E-state index in [2.05, 4.69) is 34.7 Å². The third-order valence-corrected chi connectivity index (χ3v) is 2.47. The molecule has 1 aromatic rings. The maximum Gasteiger partial charge on any atom is 0.0270 e. The quantitative estimate of drug-likeness (QED) is 0.622. The predicted octanol–water partition coefficient (Wildman–Crippen LogP) is 1.60. The molecule has 0 aliphatic heterocycles. The summed E-state index contributed by atoms with van der Waals surface area (Å²) in [5.41, 5.74) is 1.38. The summed E-state index contributed by atoms with van der Waals surface area (Å²) >= 11 is 0.